The number of aliphatic carboxylic acids is 1. The number of halogens is 1. The number of guanidine groups is 1. The van der Waals surface area contributed by atoms with Crippen molar-refractivity contribution in [1.82, 2.24) is 10.6 Å². The molecule has 2 aromatic carbocycles. The molecular formula is C18H21BrN4O4. The van der Waals surface area contributed by atoms with Crippen LogP contribution in [0.25, 0.3) is 10.8 Å². The van der Waals surface area contributed by atoms with E-state index in [9.17, 15) is 14.7 Å². The SMILES string of the molecule is N=C(N)NCCCC(NC(=O)COc1c(Br)ccc2ccccc12)C(=O)O. The van der Waals surface area contributed by atoms with Crippen LogP contribution in [0.4, 0.5) is 0 Å². The Kier molecular flexibility index (Phi) is 7.42. The van der Waals surface area contributed by atoms with E-state index in [4.69, 9.17) is 15.9 Å². The third-order valence-corrected chi connectivity index (χ3v) is 4.42. The minimum atomic E-state index is -1.13. The lowest BCUT2D eigenvalue weighted by molar-refractivity contribution is -0.142. The lowest BCUT2D eigenvalue weighted by atomic mass is 10.1. The third-order valence-electron chi connectivity index (χ3n) is 3.80. The molecule has 0 bridgehead atoms. The normalized spacial score (nSPS) is 11.6. The Morgan fingerprint density at radius 2 is 2.00 bits per heavy atom. The fourth-order valence-electron chi connectivity index (χ4n) is 2.52. The average Bonchev–Trinajstić information content (AvgIpc) is 2.63. The van der Waals surface area contributed by atoms with Crippen molar-refractivity contribution in [2.75, 3.05) is 13.2 Å². The lowest BCUT2D eigenvalue weighted by Gasteiger charge is -2.16. The molecule has 0 aliphatic carbocycles. The van der Waals surface area contributed by atoms with Gasteiger partial charge in [-0.3, -0.25) is 10.2 Å². The summed E-state index contributed by atoms with van der Waals surface area (Å²) < 4.78 is 6.35. The molecule has 9 heteroatoms. The molecule has 0 saturated carbocycles. The maximum absolute atomic E-state index is 12.1. The van der Waals surface area contributed by atoms with Crippen LogP contribution in [0.2, 0.25) is 0 Å². The van der Waals surface area contributed by atoms with Gasteiger partial charge < -0.3 is 26.2 Å². The first kappa shape index (κ1) is 20.5. The van der Waals surface area contributed by atoms with Gasteiger partial charge in [-0.15, -0.1) is 0 Å². The molecule has 2 aromatic rings. The van der Waals surface area contributed by atoms with Crippen molar-refractivity contribution < 1.29 is 19.4 Å². The zero-order valence-corrected chi connectivity index (χ0v) is 16.1. The van der Waals surface area contributed by atoms with Crippen LogP contribution in [0.15, 0.2) is 40.9 Å². The summed E-state index contributed by atoms with van der Waals surface area (Å²) in [4.78, 5) is 23.5. The van der Waals surface area contributed by atoms with E-state index in [0.29, 0.717) is 23.2 Å². The third kappa shape index (κ3) is 6.14. The highest BCUT2D eigenvalue weighted by atomic mass is 79.9. The standard InChI is InChI=1S/C18H21BrN4O4/c19-13-8-7-11-4-1-2-5-12(11)16(13)27-10-15(24)23-14(17(25)26)6-3-9-22-18(20)21/h1-2,4-5,7-8,14H,3,6,9-10H2,(H,23,24)(H,25,26)(H4,20,21,22). The molecule has 1 atom stereocenters. The van der Waals surface area contributed by atoms with Crippen LogP contribution < -0.4 is 21.1 Å². The molecule has 144 valence electrons. The number of ether oxygens (including phenoxy) is 1. The second-order valence-electron chi connectivity index (χ2n) is 5.83. The van der Waals surface area contributed by atoms with E-state index in [1.54, 1.807) is 0 Å². The molecule has 2 rings (SSSR count). The van der Waals surface area contributed by atoms with Crippen LogP contribution >= 0.6 is 15.9 Å². The van der Waals surface area contributed by atoms with Gasteiger partial charge >= 0.3 is 5.97 Å². The molecule has 1 amide bonds. The van der Waals surface area contributed by atoms with Crippen molar-refractivity contribution in [1.29, 1.82) is 5.41 Å². The van der Waals surface area contributed by atoms with E-state index >= 15 is 0 Å². The van der Waals surface area contributed by atoms with E-state index in [-0.39, 0.29) is 19.0 Å². The quantitative estimate of drug-likeness (QED) is 0.231. The second-order valence-corrected chi connectivity index (χ2v) is 6.68. The average molecular weight is 437 g/mol. The molecule has 6 N–H and O–H groups in total. The van der Waals surface area contributed by atoms with Gasteiger partial charge in [-0.2, -0.15) is 0 Å². The molecule has 8 nitrogen and oxygen atoms in total. The number of nitrogens with two attached hydrogens (primary N) is 1. The zero-order valence-electron chi connectivity index (χ0n) is 14.5. The minimum absolute atomic E-state index is 0.181. The Bertz CT molecular complexity index is 843. The van der Waals surface area contributed by atoms with E-state index < -0.39 is 17.9 Å². The van der Waals surface area contributed by atoms with Crippen molar-refractivity contribution in [2.24, 2.45) is 5.73 Å². The minimum Gasteiger partial charge on any atom is -0.482 e. The molecule has 0 fully saturated rings. The molecular weight excluding hydrogens is 416 g/mol. The Labute approximate surface area is 164 Å². The number of carbonyl (C=O) groups excluding carboxylic acids is 1. The highest BCUT2D eigenvalue weighted by molar-refractivity contribution is 9.10. The number of nitrogens with one attached hydrogen (secondary N) is 3. The number of amides is 1. The molecule has 27 heavy (non-hydrogen) atoms. The van der Waals surface area contributed by atoms with Crippen LogP contribution in [0.1, 0.15) is 12.8 Å². The number of carboxylic acid groups (broad SMARTS) is 1. The predicted octanol–water partition coefficient (Wildman–Crippen LogP) is 1.81. The summed E-state index contributed by atoms with van der Waals surface area (Å²) in [7, 11) is 0. The first-order valence-electron chi connectivity index (χ1n) is 8.28. The van der Waals surface area contributed by atoms with Crippen LogP contribution in [0.5, 0.6) is 5.75 Å². The summed E-state index contributed by atoms with van der Waals surface area (Å²) in [5, 5.41) is 23.2. The summed E-state index contributed by atoms with van der Waals surface area (Å²) in [5.41, 5.74) is 5.16. The van der Waals surface area contributed by atoms with Gasteiger partial charge in [0.05, 0.1) is 4.47 Å². The Morgan fingerprint density at radius 1 is 1.26 bits per heavy atom. The predicted molar refractivity (Wildman–Crippen MR) is 106 cm³/mol. The molecule has 0 spiro atoms. The summed E-state index contributed by atoms with van der Waals surface area (Å²) in [6.07, 6.45) is 0.645. The van der Waals surface area contributed by atoms with Crippen LogP contribution in [0.3, 0.4) is 0 Å². The van der Waals surface area contributed by atoms with Crippen molar-refractivity contribution in [3.8, 4) is 5.75 Å². The van der Waals surface area contributed by atoms with Gasteiger partial charge in [0, 0.05) is 11.9 Å². The summed E-state index contributed by atoms with van der Waals surface area (Å²) in [5.74, 6) is -1.31. The molecule has 0 saturated heterocycles. The summed E-state index contributed by atoms with van der Waals surface area (Å²) >= 11 is 3.41. The Hall–Kier alpha value is -2.81. The van der Waals surface area contributed by atoms with Crippen LogP contribution in [0, 0.1) is 5.41 Å². The van der Waals surface area contributed by atoms with E-state index in [2.05, 4.69) is 26.6 Å². The lowest BCUT2D eigenvalue weighted by Crippen LogP contribution is -2.43. The number of rotatable bonds is 9. The van der Waals surface area contributed by atoms with Crippen molar-refractivity contribution >= 4 is 44.5 Å². The Balaban J connectivity index is 1.93. The number of hydrogen-bond acceptors (Lipinski definition) is 4. The molecule has 0 radical (unpaired) electrons. The van der Waals surface area contributed by atoms with Gasteiger partial charge in [0.1, 0.15) is 11.8 Å². The van der Waals surface area contributed by atoms with Gasteiger partial charge in [0.15, 0.2) is 12.6 Å². The van der Waals surface area contributed by atoms with E-state index in [1.807, 2.05) is 36.4 Å². The maximum atomic E-state index is 12.1. The number of hydrogen-bond donors (Lipinski definition) is 5. The molecule has 0 aromatic heterocycles. The molecule has 1 unspecified atom stereocenters. The second kappa shape index (κ2) is 9.77. The van der Waals surface area contributed by atoms with Crippen molar-refractivity contribution in [2.45, 2.75) is 18.9 Å². The fraction of sp³-hybridized carbons (Fsp3) is 0.278. The van der Waals surface area contributed by atoms with E-state index in [1.165, 1.54) is 0 Å². The topological polar surface area (TPSA) is 138 Å². The molecule has 0 aliphatic heterocycles. The van der Waals surface area contributed by atoms with Gasteiger partial charge in [-0.25, -0.2) is 4.79 Å². The van der Waals surface area contributed by atoms with Gasteiger partial charge in [-0.05, 0) is 40.2 Å². The van der Waals surface area contributed by atoms with Gasteiger partial charge in [-0.1, -0.05) is 30.3 Å². The smallest absolute Gasteiger partial charge is 0.326 e. The van der Waals surface area contributed by atoms with Crippen LogP contribution in [-0.4, -0.2) is 42.1 Å². The van der Waals surface area contributed by atoms with E-state index in [0.717, 1.165) is 10.8 Å². The monoisotopic (exact) mass is 436 g/mol. The first-order valence-corrected chi connectivity index (χ1v) is 9.08. The van der Waals surface area contributed by atoms with Crippen molar-refractivity contribution in [3.63, 3.8) is 0 Å². The van der Waals surface area contributed by atoms with Gasteiger partial charge in [0.25, 0.3) is 5.91 Å². The maximum Gasteiger partial charge on any atom is 0.326 e. The number of benzene rings is 2. The highest BCUT2D eigenvalue weighted by Gasteiger charge is 2.20. The largest absolute Gasteiger partial charge is 0.482 e. The van der Waals surface area contributed by atoms with Crippen LogP contribution in [-0.2, 0) is 9.59 Å². The number of fused-ring (bicyclic) bond motifs is 1. The molecule has 0 heterocycles. The van der Waals surface area contributed by atoms with Crippen molar-refractivity contribution in [3.05, 3.63) is 40.9 Å². The summed E-state index contributed by atoms with van der Waals surface area (Å²) in [6.45, 7) is 0.0521. The Morgan fingerprint density at radius 3 is 2.70 bits per heavy atom. The molecule has 0 aliphatic rings. The summed E-state index contributed by atoms with van der Waals surface area (Å²) in [6, 6.07) is 10.3. The zero-order chi connectivity index (χ0) is 19.8. The first-order chi connectivity index (χ1) is 12.9. The fourth-order valence-corrected chi connectivity index (χ4v) is 2.98. The van der Waals surface area contributed by atoms with Gasteiger partial charge in [0.2, 0.25) is 0 Å². The number of carboxylic acids is 1. The highest BCUT2D eigenvalue weighted by Crippen LogP contribution is 2.33. The number of carbonyl (C=O) groups is 2.